The van der Waals surface area contributed by atoms with Crippen LogP contribution in [0.2, 0.25) is 0 Å². The number of amides is 1. The van der Waals surface area contributed by atoms with E-state index in [-0.39, 0.29) is 6.09 Å². The quantitative estimate of drug-likeness (QED) is 0.902. The van der Waals surface area contributed by atoms with Crippen molar-refractivity contribution >= 4 is 17.7 Å². The Bertz CT molecular complexity index is 801. The van der Waals surface area contributed by atoms with E-state index in [0.29, 0.717) is 19.7 Å². The molecule has 0 radical (unpaired) electrons. The lowest BCUT2D eigenvalue weighted by Gasteiger charge is -2.35. The molecule has 1 aromatic heterocycles. The summed E-state index contributed by atoms with van der Waals surface area (Å²) in [6.07, 6.45) is 1.96. The number of benzene rings is 1. The molecule has 4 rings (SSSR count). The minimum Gasteiger partial charge on any atom is -0.450 e. The van der Waals surface area contributed by atoms with Crippen molar-refractivity contribution in [2.24, 2.45) is 0 Å². The molecule has 2 aromatic rings. The van der Waals surface area contributed by atoms with Gasteiger partial charge in [0.1, 0.15) is 11.6 Å². The van der Waals surface area contributed by atoms with Crippen LogP contribution < -0.4 is 10.2 Å². The lowest BCUT2D eigenvalue weighted by atomic mass is 9.95. The van der Waals surface area contributed by atoms with Crippen LogP contribution >= 0.6 is 0 Å². The molecule has 6 nitrogen and oxygen atoms in total. The summed E-state index contributed by atoms with van der Waals surface area (Å²) in [5.74, 6) is 1.98. The van der Waals surface area contributed by atoms with Gasteiger partial charge in [0.05, 0.1) is 6.61 Å². The molecule has 0 aliphatic carbocycles. The molecule has 3 heterocycles. The molecule has 27 heavy (non-hydrogen) atoms. The maximum Gasteiger partial charge on any atom is 0.409 e. The van der Waals surface area contributed by atoms with Crippen molar-refractivity contribution < 1.29 is 9.53 Å². The zero-order chi connectivity index (χ0) is 18.6. The third-order valence-electron chi connectivity index (χ3n) is 5.22. The largest absolute Gasteiger partial charge is 0.450 e. The Labute approximate surface area is 160 Å². The average Bonchev–Trinajstić information content (AvgIpc) is 2.74. The molecule has 1 saturated heterocycles. The number of anilines is 2. The van der Waals surface area contributed by atoms with Gasteiger partial charge in [0.25, 0.3) is 0 Å². The molecular weight excluding hydrogens is 340 g/mol. The number of hydrogen-bond donors (Lipinski definition) is 1. The summed E-state index contributed by atoms with van der Waals surface area (Å²) in [7, 11) is 0. The number of piperazine rings is 1. The Hall–Kier alpha value is -2.76. The molecule has 2 aliphatic heterocycles. The van der Waals surface area contributed by atoms with Crippen LogP contribution in [-0.2, 0) is 11.2 Å². The number of carbonyl (C=O) groups excluding carboxylic acids is 1. The molecule has 0 bridgehead atoms. The van der Waals surface area contributed by atoms with Gasteiger partial charge < -0.3 is 19.9 Å². The highest BCUT2D eigenvalue weighted by Crippen LogP contribution is 2.34. The predicted molar refractivity (Wildman–Crippen MR) is 107 cm³/mol. The standard InChI is InChI=1S/C21H26N4O2/c1-2-27-21(26)25-13-11-24(12-14-25)19-15-18(16-7-4-3-5-8-16)17-9-6-10-22-20(17)23-19/h3-5,7-8,15H,2,6,9-14H2,1H3,(H,22,23). The fourth-order valence-corrected chi connectivity index (χ4v) is 3.80. The molecule has 0 saturated carbocycles. The lowest BCUT2D eigenvalue weighted by Crippen LogP contribution is -2.49. The molecular formula is C21H26N4O2. The fourth-order valence-electron chi connectivity index (χ4n) is 3.80. The van der Waals surface area contributed by atoms with Gasteiger partial charge in [-0.15, -0.1) is 0 Å². The summed E-state index contributed by atoms with van der Waals surface area (Å²) in [4.78, 5) is 20.9. The summed E-state index contributed by atoms with van der Waals surface area (Å²) >= 11 is 0. The molecule has 0 spiro atoms. The summed E-state index contributed by atoms with van der Waals surface area (Å²) < 4.78 is 5.12. The van der Waals surface area contributed by atoms with E-state index < -0.39 is 0 Å². The Morgan fingerprint density at radius 1 is 1.19 bits per heavy atom. The van der Waals surface area contributed by atoms with E-state index >= 15 is 0 Å². The van der Waals surface area contributed by atoms with Crippen LogP contribution in [0.1, 0.15) is 18.9 Å². The number of carbonyl (C=O) groups is 1. The van der Waals surface area contributed by atoms with Gasteiger partial charge in [-0.05, 0) is 37.0 Å². The Kier molecular flexibility index (Phi) is 5.14. The fraction of sp³-hybridized carbons (Fsp3) is 0.429. The second-order valence-corrected chi connectivity index (χ2v) is 6.92. The van der Waals surface area contributed by atoms with Gasteiger partial charge >= 0.3 is 6.09 Å². The van der Waals surface area contributed by atoms with Crippen LogP contribution in [0, 0.1) is 0 Å². The monoisotopic (exact) mass is 366 g/mol. The molecule has 1 fully saturated rings. The van der Waals surface area contributed by atoms with E-state index in [4.69, 9.17) is 9.72 Å². The number of ether oxygens (including phenoxy) is 1. The third-order valence-corrected chi connectivity index (χ3v) is 5.22. The van der Waals surface area contributed by atoms with E-state index in [9.17, 15) is 4.79 Å². The minimum absolute atomic E-state index is 0.220. The second kappa shape index (κ2) is 7.86. The number of nitrogens with one attached hydrogen (secondary N) is 1. The Morgan fingerprint density at radius 2 is 1.96 bits per heavy atom. The Morgan fingerprint density at radius 3 is 2.70 bits per heavy atom. The molecule has 0 unspecified atom stereocenters. The minimum atomic E-state index is -0.220. The van der Waals surface area contributed by atoms with Gasteiger partial charge in [0.2, 0.25) is 0 Å². The molecule has 1 aromatic carbocycles. The van der Waals surface area contributed by atoms with Gasteiger partial charge in [-0.1, -0.05) is 30.3 Å². The van der Waals surface area contributed by atoms with E-state index in [1.54, 1.807) is 4.90 Å². The number of aromatic nitrogens is 1. The van der Waals surface area contributed by atoms with Gasteiger partial charge in [-0.2, -0.15) is 0 Å². The SMILES string of the molecule is CCOC(=O)N1CCN(c2cc(-c3ccccc3)c3c(n2)NCCC3)CC1. The van der Waals surface area contributed by atoms with E-state index in [0.717, 1.165) is 44.1 Å². The van der Waals surface area contributed by atoms with Gasteiger partial charge in [0, 0.05) is 38.3 Å². The molecule has 0 atom stereocenters. The maximum atomic E-state index is 11.9. The highest BCUT2D eigenvalue weighted by molar-refractivity contribution is 5.76. The van der Waals surface area contributed by atoms with Crippen molar-refractivity contribution in [2.45, 2.75) is 19.8 Å². The first kappa shape index (κ1) is 17.6. The van der Waals surface area contributed by atoms with Crippen molar-refractivity contribution in [3.05, 3.63) is 42.0 Å². The van der Waals surface area contributed by atoms with Crippen LogP contribution in [0.5, 0.6) is 0 Å². The molecule has 1 N–H and O–H groups in total. The molecule has 142 valence electrons. The van der Waals surface area contributed by atoms with E-state index in [1.807, 2.05) is 13.0 Å². The predicted octanol–water partition coefficient (Wildman–Crippen LogP) is 3.39. The first-order valence-electron chi connectivity index (χ1n) is 9.76. The number of nitrogens with zero attached hydrogens (tertiary/aromatic N) is 3. The molecule has 2 aliphatic rings. The van der Waals surface area contributed by atoms with Gasteiger partial charge in [-0.25, -0.2) is 9.78 Å². The van der Waals surface area contributed by atoms with Crippen LogP contribution in [0.4, 0.5) is 16.4 Å². The summed E-state index contributed by atoms with van der Waals surface area (Å²) in [6, 6.07) is 12.7. The van der Waals surface area contributed by atoms with Crippen molar-refractivity contribution in [1.82, 2.24) is 9.88 Å². The lowest BCUT2D eigenvalue weighted by molar-refractivity contribution is 0.105. The Balaban J connectivity index is 1.60. The summed E-state index contributed by atoms with van der Waals surface area (Å²) in [5.41, 5.74) is 3.79. The number of hydrogen-bond acceptors (Lipinski definition) is 5. The normalized spacial score (nSPS) is 16.5. The number of fused-ring (bicyclic) bond motifs is 1. The van der Waals surface area contributed by atoms with Gasteiger partial charge in [0.15, 0.2) is 0 Å². The zero-order valence-electron chi connectivity index (χ0n) is 15.8. The van der Waals surface area contributed by atoms with Crippen LogP contribution in [0.3, 0.4) is 0 Å². The smallest absolute Gasteiger partial charge is 0.409 e. The molecule has 6 heteroatoms. The highest BCUT2D eigenvalue weighted by Gasteiger charge is 2.25. The number of pyridine rings is 1. The first-order chi connectivity index (χ1) is 13.3. The summed E-state index contributed by atoms with van der Waals surface area (Å²) in [6.45, 7) is 6.06. The number of rotatable bonds is 3. The van der Waals surface area contributed by atoms with Gasteiger partial charge in [-0.3, -0.25) is 0 Å². The van der Waals surface area contributed by atoms with E-state index in [2.05, 4.69) is 40.5 Å². The summed E-state index contributed by atoms with van der Waals surface area (Å²) in [5, 5.41) is 3.47. The van der Waals surface area contributed by atoms with Crippen molar-refractivity contribution in [3.63, 3.8) is 0 Å². The second-order valence-electron chi connectivity index (χ2n) is 6.92. The van der Waals surface area contributed by atoms with Crippen molar-refractivity contribution in [2.75, 3.05) is 49.5 Å². The highest BCUT2D eigenvalue weighted by atomic mass is 16.6. The topological polar surface area (TPSA) is 57.7 Å². The average molecular weight is 366 g/mol. The first-order valence-corrected chi connectivity index (χ1v) is 9.76. The van der Waals surface area contributed by atoms with Crippen molar-refractivity contribution in [3.8, 4) is 11.1 Å². The van der Waals surface area contributed by atoms with Crippen LogP contribution in [-0.4, -0.2) is 55.3 Å². The maximum absolute atomic E-state index is 11.9. The van der Waals surface area contributed by atoms with E-state index in [1.165, 1.54) is 16.7 Å². The molecule has 1 amide bonds. The third kappa shape index (κ3) is 3.70. The van der Waals surface area contributed by atoms with Crippen LogP contribution in [0.25, 0.3) is 11.1 Å². The zero-order valence-corrected chi connectivity index (χ0v) is 15.8. The van der Waals surface area contributed by atoms with Crippen molar-refractivity contribution in [1.29, 1.82) is 0 Å². The van der Waals surface area contributed by atoms with Crippen LogP contribution in [0.15, 0.2) is 36.4 Å².